The van der Waals surface area contributed by atoms with Crippen LogP contribution in [-0.4, -0.2) is 5.11 Å². The summed E-state index contributed by atoms with van der Waals surface area (Å²) in [5.41, 5.74) is 9.80. The Labute approximate surface area is 102 Å². The number of nitrogens with two attached hydrogens (primary N) is 1. The molecule has 1 rings (SSSR count). The number of hydrogen-bond donors (Lipinski definition) is 2. The van der Waals surface area contributed by atoms with Crippen molar-refractivity contribution in [1.29, 1.82) is 0 Å². The second-order valence-electron chi connectivity index (χ2n) is 3.82. The SMILES string of the molecule is Br.CCCCc1cc(O)c(C)c(C)c1N. The standard InChI is InChI=1S/C12H19NO.BrH/c1-4-5-6-10-7-11(14)8(2)9(3)12(10)13;/h7,14H,4-6,13H2,1-3H3;1H. The number of hydrogen-bond acceptors (Lipinski definition) is 2. The van der Waals surface area contributed by atoms with Crippen LogP contribution in [0.25, 0.3) is 0 Å². The highest BCUT2D eigenvalue weighted by molar-refractivity contribution is 8.93. The zero-order chi connectivity index (χ0) is 10.7. The maximum absolute atomic E-state index is 9.65. The lowest BCUT2D eigenvalue weighted by Gasteiger charge is -2.12. The van der Waals surface area contributed by atoms with Crippen molar-refractivity contribution in [3.05, 3.63) is 22.8 Å². The molecule has 1 aromatic carbocycles. The Kier molecular flexibility index (Phi) is 5.73. The van der Waals surface area contributed by atoms with Crippen molar-refractivity contribution >= 4 is 22.7 Å². The summed E-state index contributed by atoms with van der Waals surface area (Å²) in [4.78, 5) is 0. The summed E-state index contributed by atoms with van der Waals surface area (Å²) in [7, 11) is 0. The van der Waals surface area contributed by atoms with Crippen LogP contribution in [0.15, 0.2) is 6.07 Å². The minimum absolute atomic E-state index is 0. The first-order chi connectivity index (χ1) is 6.57. The van der Waals surface area contributed by atoms with Gasteiger partial charge in [-0.15, -0.1) is 17.0 Å². The number of halogens is 1. The average Bonchev–Trinajstić information content (AvgIpc) is 2.18. The van der Waals surface area contributed by atoms with Gasteiger partial charge in [0.15, 0.2) is 0 Å². The Hall–Kier alpha value is -0.700. The van der Waals surface area contributed by atoms with E-state index in [1.165, 1.54) is 0 Å². The summed E-state index contributed by atoms with van der Waals surface area (Å²) >= 11 is 0. The van der Waals surface area contributed by atoms with Crippen LogP contribution in [0.1, 0.15) is 36.5 Å². The highest BCUT2D eigenvalue weighted by atomic mass is 79.9. The number of phenolic OH excluding ortho intramolecular Hbond substituents is 1. The molecule has 0 aliphatic carbocycles. The van der Waals surface area contributed by atoms with Crippen molar-refractivity contribution in [2.24, 2.45) is 0 Å². The van der Waals surface area contributed by atoms with Gasteiger partial charge in [-0.25, -0.2) is 0 Å². The molecule has 0 aromatic heterocycles. The smallest absolute Gasteiger partial charge is 0.119 e. The van der Waals surface area contributed by atoms with E-state index in [1.807, 2.05) is 13.8 Å². The molecule has 86 valence electrons. The fraction of sp³-hybridized carbons (Fsp3) is 0.500. The summed E-state index contributed by atoms with van der Waals surface area (Å²) in [5.74, 6) is 0.364. The van der Waals surface area contributed by atoms with Crippen LogP contribution >= 0.6 is 17.0 Å². The zero-order valence-corrected chi connectivity index (χ0v) is 11.3. The molecule has 3 N–H and O–H groups in total. The summed E-state index contributed by atoms with van der Waals surface area (Å²) in [6.07, 6.45) is 3.22. The Morgan fingerprint density at radius 3 is 2.40 bits per heavy atom. The number of aryl methyl sites for hydroxylation is 1. The van der Waals surface area contributed by atoms with E-state index in [2.05, 4.69) is 6.92 Å². The van der Waals surface area contributed by atoms with Crippen LogP contribution in [0.5, 0.6) is 5.75 Å². The van der Waals surface area contributed by atoms with Gasteiger partial charge in [0.1, 0.15) is 5.75 Å². The average molecular weight is 274 g/mol. The number of unbranched alkanes of at least 4 members (excludes halogenated alkanes) is 1. The first kappa shape index (κ1) is 14.3. The fourth-order valence-corrected chi connectivity index (χ4v) is 1.56. The van der Waals surface area contributed by atoms with E-state index in [9.17, 15) is 5.11 Å². The molecule has 0 amide bonds. The Morgan fingerprint density at radius 2 is 1.87 bits per heavy atom. The Morgan fingerprint density at radius 1 is 1.27 bits per heavy atom. The van der Waals surface area contributed by atoms with E-state index in [1.54, 1.807) is 6.07 Å². The van der Waals surface area contributed by atoms with Gasteiger partial charge in [0.2, 0.25) is 0 Å². The van der Waals surface area contributed by atoms with Crippen molar-refractivity contribution in [3.8, 4) is 5.75 Å². The third-order valence-corrected chi connectivity index (χ3v) is 2.81. The lowest BCUT2D eigenvalue weighted by molar-refractivity contribution is 0.469. The summed E-state index contributed by atoms with van der Waals surface area (Å²) in [6.45, 7) is 6.00. The van der Waals surface area contributed by atoms with Gasteiger partial charge in [-0.1, -0.05) is 13.3 Å². The molecule has 0 heterocycles. The van der Waals surface area contributed by atoms with Crippen LogP contribution in [0.4, 0.5) is 5.69 Å². The van der Waals surface area contributed by atoms with Gasteiger partial charge in [0, 0.05) is 5.69 Å². The summed E-state index contributed by atoms with van der Waals surface area (Å²) in [5, 5.41) is 9.65. The van der Waals surface area contributed by atoms with E-state index >= 15 is 0 Å². The van der Waals surface area contributed by atoms with Crippen LogP contribution in [0.2, 0.25) is 0 Å². The number of nitrogen functional groups attached to an aromatic ring is 1. The summed E-state index contributed by atoms with van der Waals surface area (Å²) < 4.78 is 0. The lowest BCUT2D eigenvalue weighted by Crippen LogP contribution is -1.99. The number of phenols is 1. The van der Waals surface area contributed by atoms with Gasteiger partial charge in [-0.2, -0.15) is 0 Å². The monoisotopic (exact) mass is 273 g/mol. The molecule has 0 fully saturated rings. The van der Waals surface area contributed by atoms with E-state index in [0.717, 1.165) is 41.6 Å². The Balaban J connectivity index is 0.00000196. The van der Waals surface area contributed by atoms with Crippen molar-refractivity contribution in [1.82, 2.24) is 0 Å². The molecule has 0 aliphatic heterocycles. The zero-order valence-electron chi connectivity index (χ0n) is 9.63. The van der Waals surface area contributed by atoms with Gasteiger partial charge in [-0.05, 0) is 49.4 Å². The predicted octanol–water partition coefficient (Wildman–Crippen LogP) is 3.51. The highest BCUT2D eigenvalue weighted by Crippen LogP contribution is 2.29. The lowest BCUT2D eigenvalue weighted by atomic mass is 9.98. The fourth-order valence-electron chi connectivity index (χ4n) is 1.56. The first-order valence-corrected chi connectivity index (χ1v) is 5.15. The van der Waals surface area contributed by atoms with Crippen LogP contribution in [-0.2, 0) is 6.42 Å². The van der Waals surface area contributed by atoms with E-state index < -0.39 is 0 Å². The molecule has 3 heteroatoms. The van der Waals surface area contributed by atoms with Gasteiger partial charge in [0.05, 0.1) is 0 Å². The molecule has 0 spiro atoms. The van der Waals surface area contributed by atoms with Gasteiger partial charge < -0.3 is 10.8 Å². The van der Waals surface area contributed by atoms with Crippen LogP contribution in [0, 0.1) is 13.8 Å². The third-order valence-electron chi connectivity index (χ3n) is 2.81. The Bertz CT molecular complexity index is 337. The summed E-state index contributed by atoms with van der Waals surface area (Å²) in [6, 6.07) is 1.80. The number of rotatable bonds is 3. The van der Waals surface area contributed by atoms with Crippen molar-refractivity contribution in [2.75, 3.05) is 5.73 Å². The topological polar surface area (TPSA) is 46.2 Å². The van der Waals surface area contributed by atoms with Crippen molar-refractivity contribution in [2.45, 2.75) is 40.0 Å². The van der Waals surface area contributed by atoms with E-state index in [-0.39, 0.29) is 17.0 Å². The molecule has 0 saturated carbocycles. The number of benzene rings is 1. The maximum Gasteiger partial charge on any atom is 0.119 e. The maximum atomic E-state index is 9.65. The van der Waals surface area contributed by atoms with E-state index in [4.69, 9.17) is 5.73 Å². The minimum Gasteiger partial charge on any atom is -0.508 e. The molecule has 0 bridgehead atoms. The number of aromatic hydroxyl groups is 1. The molecule has 2 nitrogen and oxygen atoms in total. The molecule has 0 unspecified atom stereocenters. The van der Waals surface area contributed by atoms with E-state index in [0.29, 0.717) is 5.75 Å². The minimum atomic E-state index is 0. The second-order valence-corrected chi connectivity index (χ2v) is 3.82. The molecule has 1 aromatic rings. The molecular formula is C12H20BrNO. The molecule has 0 atom stereocenters. The van der Waals surface area contributed by atoms with Crippen LogP contribution < -0.4 is 5.73 Å². The van der Waals surface area contributed by atoms with Crippen LogP contribution in [0.3, 0.4) is 0 Å². The normalized spacial score (nSPS) is 9.80. The number of anilines is 1. The largest absolute Gasteiger partial charge is 0.508 e. The van der Waals surface area contributed by atoms with Crippen molar-refractivity contribution < 1.29 is 5.11 Å². The van der Waals surface area contributed by atoms with Gasteiger partial charge in [-0.3, -0.25) is 0 Å². The first-order valence-electron chi connectivity index (χ1n) is 5.15. The molecule has 0 aliphatic rings. The predicted molar refractivity (Wildman–Crippen MR) is 70.9 cm³/mol. The molecule has 0 saturated heterocycles. The molecular weight excluding hydrogens is 254 g/mol. The third kappa shape index (κ3) is 3.13. The van der Waals surface area contributed by atoms with Crippen molar-refractivity contribution in [3.63, 3.8) is 0 Å². The molecule has 0 radical (unpaired) electrons. The molecule has 15 heavy (non-hydrogen) atoms. The van der Waals surface area contributed by atoms with Gasteiger partial charge in [0.25, 0.3) is 0 Å². The highest BCUT2D eigenvalue weighted by Gasteiger charge is 2.08. The second kappa shape index (κ2) is 6.01. The van der Waals surface area contributed by atoms with Gasteiger partial charge >= 0.3 is 0 Å². The quantitative estimate of drug-likeness (QED) is 0.654.